The smallest absolute Gasteiger partial charge is 0.322 e. The average molecular weight is 381 g/mol. The Bertz CT molecular complexity index is 810. The van der Waals surface area contributed by atoms with Crippen molar-refractivity contribution in [2.45, 2.75) is 38.6 Å². The third-order valence-electron chi connectivity index (χ3n) is 5.07. The SMILES string of the molecule is CCCCCCN1CC2=C(C1=O)[C@H](c1cc(F)c(F)cc1F)NC(=O)N2C. The summed E-state index contributed by atoms with van der Waals surface area (Å²) in [5.41, 5.74) is 0.412. The molecule has 0 aromatic heterocycles. The fraction of sp³-hybridized carbons (Fsp3) is 0.474. The summed E-state index contributed by atoms with van der Waals surface area (Å²) in [5.74, 6) is -3.88. The summed E-state index contributed by atoms with van der Waals surface area (Å²) in [6, 6.07) is -0.546. The topological polar surface area (TPSA) is 52.7 Å². The number of hydrogen-bond acceptors (Lipinski definition) is 2. The van der Waals surface area contributed by atoms with Gasteiger partial charge in [-0.05, 0) is 12.5 Å². The van der Waals surface area contributed by atoms with Crippen LogP contribution in [0, 0.1) is 17.5 Å². The molecule has 0 saturated carbocycles. The van der Waals surface area contributed by atoms with Crippen LogP contribution >= 0.6 is 0 Å². The number of hydrogen-bond donors (Lipinski definition) is 1. The first-order valence-corrected chi connectivity index (χ1v) is 9.06. The lowest BCUT2D eigenvalue weighted by Crippen LogP contribution is -2.45. The molecule has 146 valence electrons. The Hall–Kier alpha value is -2.51. The van der Waals surface area contributed by atoms with E-state index in [1.54, 1.807) is 4.90 Å². The highest BCUT2D eigenvalue weighted by molar-refractivity contribution is 6.01. The van der Waals surface area contributed by atoms with E-state index in [0.29, 0.717) is 24.4 Å². The summed E-state index contributed by atoms with van der Waals surface area (Å²) in [6.07, 6.45) is 3.95. The second-order valence-corrected chi connectivity index (χ2v) is 6.88. The van der Waals surface area contributed by atoms with Crippen LogP contribution in [-0.2, 0) is 4.79 Å². The number of likely N-dealkylation sites (N-methyl/N-ethyl adjacent to an activating group) is 1. The number of unbranched alkanes of at least 4 members (excludes halogenated alkanes) is 3. The van der Waals surface area contributed by atoms with E-state index in [2.05, 4.69) is 12.2 Å². The van der Waals surface area contributed by atoms with Crippen LogP contribution in [0.1, 0.15) is 44.2 Å². The molecule has 2 heterocycles. The van der Waals surface area contributed by atoms with Gasteiger partial charge in [0.15, 0.2) is 11.6 Å². The summed E-state index contributed by atoms with van der Waals surface area (Å²) in [6.45, 7) is 2.86. The Labute approximate surface area is 155 Å². The molecule has 0 fully saturated rings. The van der Waals surface area contributed by atoms with Gasteiger partial charge in [0.2, 0.25) is 0 Å². The summed E-state index contributed by atoms with van der Waals surface area (Å²) in [5, 5.41) is 2.52. The third kappa shape index (κ3) is 3.52. The van der Waals surface area contributed by atoms with Crippen molar-refractivity contribution in [3.05, 3.63) is 46.4 Å². The Balaban J connectivity index is 1.91. The van der Waals surface area contributed by atoms with Gasteiger partial charge in [0.25, 0.3) is 5.91 Å². The lowest BCUT2D eigenvalue weighted by Gasteiger charge is -2.31. The molecule has 1 N–H and O–H groups in total. The maximum absolute atomic E-state index is 14.3. The van der Waals surface area contributed by atoms with Crippen LogP contribution in [0.2, 0.25) is 0 Å². The molecule has 2 aliphatic rings. The van der Waals surface area contributed by atoms with Crippen molar-refractivity contribution in [1.82, 2.24) is 15.1 Å². The molecule has 3 rings (SSSR count). The van der Waals surface area contributed by atoms with Crippen molar-refractivity contribution in [2.75, 3.05) is 20.1 Å². The molecule has 0 saturated heterocycles. The van der Waals surface area contributed by atoms with E-state index in [4.69, 9.17) is 0 Å². The van der Waals surface area contributed by atoms with Gasteiger partial charge in [0.1, 0.15) is 5.82 Å². The fourth-order valence-corrected chi connectivity index (χ4v) is 3.53. The number of benzene rings is 1. The van der Waals surface area contributed by atoms with Gasteiger partial charge in [-0.1, -0.05) is 26.2 Å². The van der Waals surface area contributed by atoms with Gasteiger partial charge in [0, 0.05) is 25.2 Å². The molecule has 1 aromatic carbocycles. The van der Waals surface area contributed by atoms with Crippen molar-refractivity contribution in [3.8, 4) is 0 Å². The molecule has 2 aliphatic heterocycles. The second-order valence-electron chi connectivity index (χ2n) is 6.88. The van der Waals surface area contributed by atoms with Crippen molar-refractivity contribution >= 4 is 11.9 Å². The number of nitrogens with zero attached hydrogens (tertiary/aromatic N) is 2. The van der Waals surface area contributed by atoms with Crippen LogP contribution in [0.4, 0.5) is 18.0 Å². The van der Waals surface area contributed by atoms with Gasteiger partial charge in [-0.25, -0.2) is 18.0 Å². The average Bonchev–Trinajstić information content (AvgIpc) is 2.95. The minimum Gasteiger partial charge on any atom is -0.333 e. The molecule has 3 amide bonds. The molecule has 0 aliphatic carbocycles. The first kappa shape index (κ1) is 19.3. The molecule has 0 unspecified atom stereocenters. The number of carbonyl (C=O) groups is 2. The number of amides is 3. The first-order chi connectivity index (χ1) is 12.8. The summed E-state index contributed by atoms with van der Waals surface area (Å²) >= 11 is 0. The number of nitrogens with one attached hydrogen (secondary N) is 1. The Kier molecular flexibility index (Phi) is 5.43. The molecule has 27 heavy (non-hydrogen) atoms. The Morgan fingerprint density at radius 1 is 1.07 bits per heavy atom. The Morgan fingerprint density at radius 3 is 2.48 bits per heavy atom. The Morgan fingerprint density at radius 2 is 1.78 bits per heavy atom. The molecule has 8 heteroatoms. The fourth-order valence-electron chi connectivity index (χ4n) is 3.53. The highest BCUT2D eigenvalue weighted by Crippen LogP contribution is 2.37. The van der Waals surface area contributed by atoms with Crippen molar-refractivity contribution in [2.24, 2.45) is 0 Å². The summed E-state index contributed by atoms with van der Waals surface area (Å²) in [7, 11) is 1.52. The van der Waals surface area contributed by atoms with Crippen LogP contribution in [0.25, 0.3) is 0 Å². The molecule has 1 aromatic rings. The largest absolute Gasteiger partial charge is 0.333 e. The van der Waals surface area contributed by atoms with Crippen LogP contribution in [0.3, 0.4) is 0 Å². The van der Waals surface area contributed by atoms with Crippen molar-refractivity contribution < 1.29 is 22.8 Å². The number of rotatable bonds is 6. The lowest BCUT2D eigenvalue weighted by molar-refractivity contribution is -0.125. The zero-order valence-corrected chi connectivity index (χ0v) is 15.3. The maximum Gasteiger partial charge on any atom is 0.322 e. The first-order valence-electron chi connectivity index (χ1n) is 9.06. The predicted molar refractivity (Wildman–Crippen MR) is 93.1 cm³/mol. The van der Waals surface area contributed by atoms with Gasteiger partial charge in [0.05, 0.1) is 23.9 Å². The number of halogens is 3. The zero-order chi connectivity index (χ0) is 19.7. The maximum atomic E-state index is 14.3. The molecule has 1 atom stereocenters. The van der Waals surface area contributed by atoms with E-state index in [9.17, 15) is 22.8 Å². The lowest BCUT2D eigenvalue weighted by atomic mass is 9.95. The molecular weight excluding hydrogens is 359 g/mol. The monoisotopic (exact) mass is 381 g/mol. The molecule has 0 radical (unpaired) electrons. The normalized spacial score (nSPS) is 19.7. The van der Waals surface area contributed by atoms with E-state index in [0.717, 1.165) is 25.7 Å². The summed E-state index contributed by atoms with van der Waals surface area (Å²) in [4.78, 5) is 28.1. The van der Waals surface area contributed by atoms with Crippen LogP contribution in [0.15, 0.2) is 23.4 Å². The third-order valence-corrected chi connectivity index (χ3v) is 5.07. The van der Waals surface area contributed by atoms with E-state index < -0.39 is 29.5 Å². The van der Waals surface area contributed by atoms with Gasteiger partial charge >= 0.3 is 6.03 Å². The predicted octanol–water partition coefficient (Wildman–Crippen LogP) is 3.48. The van der Waals surface area contributed by atoms with E-state index >= 15 is 0 Å². The molecule has 5 nitrogen and oxygen atoms in total. The highest BCUT2D eigenvalue weighted by Gasteiger charge is 2.43. The van der Waals surface area contributed by atoms with Crippen molar-refractivity contribution in [1.29, 1.82) is 0 Å². The molecule has 0 bridgehead atoms. The highest BCUT2D eigenvalue weighted by atomic mass is 19.2. The zero-order valence-electron chi connectivity index (χ0n) is 15.3. The second kappa shape index (κ2) is 7.62. The van der Waals surface area contributed by atoms with Crippen molar-refractivity contribution in [3.63, 3.8) is 0 Å². The molecular formula is C19H22F3N3O2. The van der Waals surface area contributed by atoms with Gasteiger partial charge in [-0.15, -0.1) is 0 Å². The number of carbonyl (C=O) groups excluding carboxylic acids is 2. The minimum atomic E-state index is -1.32. The van der Waals surface area contributed by atoms with E-state index in [-0.39, 0.29) is 23.6 Å². The number of urea groups is 1. The van der Waals surface area contributed by atoms with Crippen LogP contribution < -0.4 is 5.32 Å². The summed E-state index contributed by atoms with van der Waals surface area (Å²) < 4.78 is 41.2. The van der Waals surface area contributed by atoms with Gasteiger partial charge < -0.3 is 10.2 Å². The van der Waals surface area contributed by atoms with E-state index in [1.165, 1.54) is 11.9 Å². The van der Waals surface area contributed by atoms with Gasteiger partial charge in [-0.3, -0.25) is 9.69 Å². The van der Waals surface area contributed by atoms with Crippen LogP contribution in [0.5, 0.6) is 0 Å². The molecule has 0 spiro atoms. The van der Waals surface area contributed by atoms with E-state index in [1.807, 2.05) is 0 Å². The van der Waals surface area contributed by atoms with Crippen LogP contribution in [-0.4, -0.2) is 41.9 Å². The van der Waals surface area contributed by atoms with Gasteiger partial charge in [-0.2, -0.15) is 0 Å². The minimum absolute atomic E-state index is 0.206. The standard InChI is InChI=1S/C19H22F3N3O2/c1-3-4-5-6-7-25-10-15-16(18(25)26)17(23-19(27)24(15)2)11-8-13(21)14(22)9-12(11)20/h8-9,17H,3-7,10H2,1-2H3,(H,23,27)/t17-/m0/s1. The quantitative estimate of drug-likeness (QED) is 0.606.